The molecule has 0 aromatic carbocycles. The molecule has 1 unspecified atom stereocenters. The van der Waals surface area contributed by atoms with E-state index in [1.165, 1.54) is 0 Å². The first kappa shape index (κ1) is 11.3. The van der Waals surface area contributed by atoms with E-state index in [2.05, 4.69) is 8.92 Å². The molecule has 8 heteroatoms. The van der Waals surface area contributed by atoms with Crippen molar-refractivity contribution >= 4 is 16.4 Å². The van der Waals surface area contributed by atoms with E-state index in [0.717, 1.165) is 7.11 Å². The number of rotatable bonds is 5. The zero-order valence-corrected chi connectivity index (χ0v) is 6.94. The number of carboxylic acid groups (broad SMARTS) is 1. The van der Waals surface area contributed by atoms with Crippen LogP contribution in [0.3, 0.4) is 0 Å². The number of ether oxygens (including phenoxy) is 1. The van der Waals surface area contributed by atoms with Crippen molar-refractivity contribution in [1.82, 2.24) is 0 Å². The summed E-state index contributed by atoms with van der Waals surface area (Å²) in [6.45, 7) is -0.759. The van der Waals surface area contributed by atoms with Gasteiger partial charge in [0.15, 0.2) is 6.10 Å². The zero-order chi connectivity index (χ0) is 9.78. The van der Waals surface area contributed by atoms with Gasteiger partial charge in [0.25, 0.3) is 0 Å². The molecule has 0 radical (unpaired) electrons. The second-order valence-corrected chi connectivity index (χ2v) is 2.87. The summed E-state index contributed by atoms with van der Waals surface area (Å²) in [6, 6.07) is 0. The van der Waals surface area contributed by atoms with Crippen LogP contribution in [0.5, 0.6) is 0 Å². The summed E-state index contributed by atoms with van der Waals surface area (Å²) >= 11 is 0. The fourth-order valence-electron chi connectivity index (χ4n) is 0.388. The minimum atomic E-state index is -4.61. The Balaban J connectivity index is 3.98. The van der Waals surface area contributed by atoms with Crippen LogP contribution in [0.4, 0.5) is 0 Å². The highest BCUT2D eigenvalue weighted by atomic mass is 32.3. The van der Waals surface area contributed by atoms with E-state index in [0.29, 0.717) is 0 Å². The molecule has 0 saturated carbocycles. The Labute approximate surface area is 68.9 Å². The highest BCUT2D eigenvalue weighted by Crippen LogP contribution is 1.94. The molecule has 1 atom stereocenters. The van der Waals surface area contributed by atoms with Crippen molar-refractivity contribution in [3.63, 3.8) is 0 Å². The molecule has 0 saturated heterocycles. The van der Waals surface area contributed by atoms with Crippen molar-refractivity contribution in [3.8, 4) is 0 Å². The first-order valence-electron chi connectivity index (χ1n) is 2.74. The van der Waals surface area contributed by atoms with Gasteiger partial charge in [-0.25, -0.2) is 8.98 Å². The van der Waals surface area contributed by atoms with Crippen molar-refractivity contribution in [2.24, 2.45) is 0 Å². The number of carbonyl (C=O) groups is 1. The summed E-state index contributed by atoms with van der Waals surface area (Å²) in [4.78, 5) is 10.2. The number of carboxylic acids is 1. The molecule has 0 aromatic heterocycles. The van der Waals surface area contributed by atoms with E-state index < -0.39 is 29.1 Å². The maximum Gasteiger partial charge on any atom is 0.397 e. The molecule has 0 bridgehead atoms. The zero-order valence-electron chi connectivity index (χ0n) is 6.13. The van der Waals surface area contributed by atoms with Crippen molar-refractivity contribution in [2.75, 3.05) is 13.7 Å². The van der Waals surface area contributed by atoms with E-state index in [-0.39, 0.29) is 0 Å². The van der Waals surface area contributed by atoms with Crippen LogP contribution < -0.4 is 0 Å². The quantitative estimate of drug-likeness (QED) is 0.542. The van der Waals surface area contributed by atoms with Gasteiger partial charge >= 0.3 is 16.4 Å². The number of hydrogen-bond acceptors (Lipinski definition) is 5. The number of methoxy groups -OCH3 is 1. The fourth-order valence-corrected chi connectivity index (χ4v) is 0.683. The Kier molecular flexibility index (Phi) is 4.10. The van der Waals surface area contributed by atoms with Crippen LogP contribution in [-0.4, -0.2) is 43.9 Å². The van der Waals surface area contributed by atoms with Crippen LogP contribution in [0.25, 0.3) is 0 Å². The average molecular weight is 200 g/mol. The van der Waals surface area contributed by atoms with Crippen LogP contribution in [0.2, 0.25) is 0 Å². The molecule has 0 aliphatic carbocycles. The third-order valence-corrected chi connectivity index (χ3v) is 1.36. The summed E-state index contributed by atoms with van der Waals surface area (Å²) in [5.41, 5.74) is 0. The van der Waals surface area contributed by atoms with Gasteiger partial charge in [0.2, 0.25) is 0 Å². The highest BCUT2D eigenvalue weighted by Gasteiger charge is 2.19. The van der Waals surface area contributed by atoms with Crippen LogP contribution in [0.15, 0.2) is 0 Å². The fraction of sp³-hybridized carbons (Fsp3) is 0.750. The van der Waals surface area contributed by atoms with Crippen LogP contribution in [0, 0.1) is 0 Å². The Morgan fingerprint density at radius 2 is 2.08 bits per heavy atom. The van der Waals surface area contributed by atoms with E-state index in [9.17, 15) is 13.2 Å². The lowest BCUT2D eigenvalue weighted by molar-refractivity contribution is -0.150. The Hall–Kier alpha value is -0.700. The molecule has 2 N–H and O–H groups in total. The number of aliphatic carboxylic acids is 1. The van der Waals surface area contributed by atoms with Crippen molar-refractivity contribution in [3.05, 3.63) is 0 Å². The van der Waals surface area contributed by atoms with Gasteiger partial charge in [0.1, 0.15) is 6.61 Å². The molecule has 0 aliphatic heterocycles. The molecule has 0 aliphatic rings. The minimum Gasteiger partial charge on any atom is -0.479 e. The van der Waals surface area contributed by atoms with Gasteiger partial charge in [-0.05, 0) is 0 Å². The monoisotopic (exact) mass is 200 g/mol. The third-order valence-electron chi connectivity index (χ3n) is 0.928. The predicted molar refractivity (Wildman–Crippen MR) is 35.9 cm³/mol. The van der Waals surface area contributed by atoms with Gasteiger partial charge in [-0.2, -0.15) is 8.42 Å². The molecule has 72 valence electrons. The molecule has 0 rings (SSSR count). The Morgan fingerprint density at radius 1 is 1.58 bits per heavy atom. The van der Waals surface area contributed by atoms with E-state index >= 15 is 0 Å². The van der Waals surface area contributed by atoms with E-state index in [1.807, 2.05) is 0 Å². The summed E-state index contributed by atoms with van der Waals surface area (Å²) < 4.78 is 36.0. The summed E-state index contributed by atoms with van der Waals surface area (Å²) in [5.74, 6) is -1.37. The van der Waals surface area contributed by atoms with Gasteiger partial charge in [-0.3, -0.25) is 4.55 Å². The summed E-state index contributed by atoms with van der Waals surface area (Å²) in [6.07, 6.45) is -1.41. The molecule has 0 spiro atoms. The predicted octanol–water partition coefficient (Wildman–Crippen LogP) is -1.09. The van der Waals surface area contributed by atoms with E-state index in [4.69, 9.17) is 9.66 Å². The van der Waals surface area contributed by atoms with Crippen LogP contribution >= 0.6 is 0 Å². The summed E-state index contributed by atoms with van der Waals surface area (Å²) in [5, 5.41) is 8.29. The van der Waals surface area contributed by atoms with Gasteiger partial charge in [0, 0.05) is 7.11 Å². The molecule has 0 amide bonds. The van der Waals surface area contributed by atoms with Gasteiger partial charge in [0.05, 0.1) is 0 Å². The number of hydrogen-bond donors (Lipinski definition) is 2. The summed E-state index contributed by atoms with van der Waals surface area (Å²) in [7, 11) is -3.53. The first-order valence-corrected chi connectivity index (χ1v) is 4.11. The SMILES string of the molecule is COC(COS(=O)(=O)O)C(=O)O. The molecular weight excluding hydrogens is 192 g/mol. The van der Waals surface area contributed by atoms with Crippen LogP contribution in [-0.2, 0) is 24.1 Å². The topological polar surface area (TPSA) is 110 Å². The van der Waals surface area contributed by atoms with Crippen molar-refractivity contribution < 1.29 is 31.8 Å². The second-order valence-electron chi connectivity index (χ2n) is 1.77. The highest BCUT2D eigenvalue weighted by molar-refractivity contribution is 7.80. The van der Waals surface area contributed by atoms with Gasteiger partial charge in [-0.15, -0.1) is 0 Å². The Morgan fingerprint density at radius 3 is 2.33 bits per heavy atom. The molecule has 0 fully saturated rings. The smallest absolute Gasteiger partial charge is 0.397 e. The minimum absolute atomic E-state index is 0.759. The first-order chi connectivity index (χ1) is 5.37. The van der Waals surface area contributed by atoms with Crippen molar-refractivity contribution in [2.45, 2.75) is 6.10 Å². The Bertz CT molecular complexity index is 242. The molecule has 0 aromatic rings. The lowest BCUT2D eigenvalue weighted by atomic mass is 10.4. The largest absolute Gasteiger partial charge is 0.479 e. The maximum atomic E-state index is 10.2. The second kappa shape index (κ2) is 4.36. The van der Waals surface area contributed by atoms with Crippen LogP contribution in [0.1, 0.15) is 0 Å². The average Bonchev–Trinajstić information content (AvgIpc) is 1.85. The van der Waals surface area contributed by atoms with Gasteiger partial charge < -0.3 is 9.84 Å². The lowest BCUT2D eigenvalue weighted by Gasteiger charge is -2.07. The van der Waals surface area contributed by atoms with E-state index in [1.54, 1.807) is 0 Å². The molecule has 12 heavy (non-hydrogen) atoms. The third kappa shape index (κ3) is 5.02. The molecular formula is C4H8O7S. The normalized spacial score (nSPS) is 14.2. The standard InChI is InChI=1S/C4H8O7S/c1-10-3(4(5)6)2-11-12(7,8)9/h3H,2H2,1H3,(H,5,6)(H,7,8,9). The maximum absolute atomic E-state index is 10.2. The lowest BCUT2D eigenvalue weighted by Crippen LogP contribution is -2.29. The molecule has 7 nitrogen and oxygen atoms in total. The molecule has 0 heterocycles. The van der Waals surface area contributed by atoms with Crippen molar-refractivity contribution in [1.29, 1.82) is 0 Å². The van der Waals surface area contributed by atoms with Gasteiger partial charge in [-0.1, -0.05) is 0 Å².